The third-order valence-electron chi connectivity index (χ3n) is 4.86. The molecule has 152 valence electrons. The number of piperidine rings is 1. The van der Waals surface area contributed by atoms with Gasteiger partial charge in [-0.05, 0) is 55.3 Å². The first-order chi connectivity index (χ1) is 13.8. The fraction of sp³-hybridized carbons (Fsp3) is 0.263. The van der Waals surface area contributed by atoms with E-state index in [4.69, 9.17) is 0 Å². The lowest BCUT2D eigenvalue weighted by atomic mass is 9.97. The predicted molar refractivity (Wildman–Crippen MR) is 106 cm³/mol. The van der Waals surface area contributed by atoms with Crippen LogP contribution in [0.5, 0.6) is 0 Å². The van der Waals surface area contributed by atoms with Gasteiger partial charge in [-0.15, -0.1) is 0 Å². The van der Waals surface area contributed by atoms with Crippen molar-refractivity contribution in [3.05, 3.63) is 54.1 Å². The third kappa shape index (κ3) is 4.14. The molecule has 4 rings (SSSR count). The van der Waals surface area contributed by atoms with Gasteiger partial charge in [-0.1, -0.05) is 11.3 Å². The number of nitrogens with one attached hydrogen (secondary N) is 1. The maximum absolute atomic E-state index is 13.3. The Kier molecular flexibility index (Phi) is 5.32. The van der Waals surface area contributed by atoms with Gasteiger partial charge in [0.25, 0.3) is 0 Å². The highest BCUT2D eigenvalue weighted by molar-refractivity contribution is 7.89. The van der Waals surface area contributed by atoms with Gasteiger partial charge in [0, 0.05) is 19.0 Å². The van der Waals surface area contributed by atoms with Crippen molar-refractivity contribution in [1.29, 1.82) is 0 Å². The number of anilines is 1. The second-order valence-corrected chi connectivity index (χ2v) is 9.72. The second-order valence-electron chi connectivity index (χ2n) is 6.75. The van der Waals surface area contributed by atoms with Crippen LogP contribution in [0.4, 0.5) is 13.9 Å². The summed E-state index contributed by atoms with van der Waals surface area (Å²) in [6.07, 6.45) is 0.734. The Hall–Kier alpha value is -2.43. The summed E-state index contributed by atoms with van der Waals surface area (Å²) in [5.74, 6) is -1.45. The molecule has 6 nitrogen and oxygen atoms in total. The van der Waals surface area contributed by atoms with E-state index in [0.717, 1.165) is 12.1 Å². The first kappa shape index (κ1) is 19.9. The number of fused-ring (bicyclic) bond motifs is 1. The van der Waals surface area contributed by atoms with Crippen molar-refractivity contribution in [1.82, 2.24) is 9.29 Å². The van der Waals surface area contributed by atoms with Crippen LogP contribution in [0.3, 0.4) is 0 Å². The van der Waals surface area contributed by atoms with E-state index in [2.05, 4.69) is 10.3 Å². The van der Waals surface area contributed by atoms with Gasteiger partial charge in [0.15, 0.2) is 5.13 Å². The van der Waals surface area contributed by atoms with Crippen LogP contribution in [0.1, 0.15) is 12.8 Å². The molecule has 0 saturated carbocycles. The Morgan fingerprint density at radius 2 is 1.72 bits per heavy atom. The molecule has 1 aromatic heterocycles. The average molecular weight is 437 g/mol. The lowest BCUT2D eigenvalue weighted by Crippen LogP contribution is -2.41. The molecule has 3 aromatic rings. The van der Waals surface area contributed by atoms with Crippen molar-refractivity contribution in [2.75, 3.05) is 18.4 Å². The Morgan fingerprint density at radius 1 is 1.07 bits per heavy atom. The number of nitrogens with zero attached hydrogens (tertiary/aromatic N) is 2. The number of halogens is 2. The molecule has 1 aliphatic rings. The zero-order chi connectivity index (χ0) is 20.6. The summed E-state index contributed by atoms with van der Waals surface area (Å²) in [6, 6.07) is 8.91. The SMILES string of the molecule is O=C(Nc1nc2ccc(F)cc2s1)C1CCN(S(=O)(=O)c2ccc(F)cc2)CC1. The van der Waals surface area contributed by atoms with Gasteiger partial charge in [-0.2, -0.15) is 4.31 Å². The van der Waals surface area contributed by atoms with Crippen molar-refractivity contribution >= 4 is 42.6 Å². The van der Waals surface area contributed by atoms with Crippen molar-refractivity contribution in [2.24, 2.45) is 5.92 Å². The van der Waals surface area contributed by atoms with E-state index in [1.54, 1.807) is 6.07 Å². The van der Waals surface area contributed by atoms with Crippen LogP contribution >= 0.6 is 11.3 Å². The van der Waals surface area contributed by atoms with Crippen LogP contribution in [0, 0.1) is 17.6 Å². The van der Waals surface area contributed by atoms with Gasteiger partial charge in [0.05, 0.1) is 15.1 Å². The van der Waals surface area contributed by atoms with Crippen LogP contribution in [0.2, 0.25) is 0 Å². The number of benzene rings is 2. The molecule has 2 aromatic carbocycles. The zero-order valence-electron chi connectivity index (χ0n) is 15.1. The number of rotatable bonds is 4. The molecular formula is C19H17F2N3O3S2. The number of amides is 1. The molecule has 1 N–H and O–H groups in total. The molecule has 0 atom stereocenters. The van der Waals surface area contributed by atoms with Crippen LogP contribution < -0.4 is 5.32 Å². The quantitative estimate of drug-likeness (QED) is 0.676. The minimum Gasteiger partial charge on any atom is -0.302 e. The maximum Gasteiger partial charge on any atom is 0.243 e. The zero-order valence-corrected chi connectivity index (χ0v) is 16.8. The van der Waals surface area contributed by atoms with Gasteiger partial charge in [-0.3, -0.25) is 4.79 Å². The van der Waals surface area contributed by atoms with E-state index in [0.29, 0.717) is 28.2 Å². The summed E-state index contributed by atoms with van der Waals surface area (Å²) in [6.45, 7) is 0.395. The van der Waals surface area contributed by atoms with Crippen LogP contribution in [0.25, 0.3) is 10.2 Å². The van der Waals surface area contributed by atoms with E-state index in [1.165, 1.54) is 39.9 Å². The van der Waals surface area contributed by atoms with Crippen molar-refractivity contribution in [2.45, 2.75) is 17.7 Å². The Labute approximate surface area is 170 Å². The van der Waals surface area contributed by atoms with Gasteiger partial charge in [0.1, 0.15) is 11.6 Å². The van der Waals surface area contributed by atoms with E-state index < -0.39 is 15.8 Å². The molecule has 0 bridgehead atoms. The highest BCUT2D eigenvalue weighted by Crippen LogP contribution is 2.29. The van der Waals surface area contributed by atoms with E-state index in [9.17, 15) is 22.0 Å². The number of aromatic nitrogens is 1. The van der Waals surface area contributed by atoms with Crippen LogP contribution in [-0.2, 0) is 14.8 Å². The van der Waals surface area contributed by atoms with Crippen molar-refractivity contribution < 1.29 is 22.0 Å². The summed E-state index contributed by atoms with van der Waals surface area (Å²) < 4.78 is 53.6. The highest BCUT2D eigenvalue weighted by atomic mass is 32.2. The third-order valence-corrected chi connectivity index (χ3v) is 7.70. The molecule has 0 radical (unpaired) electrons. The molecule has 0 aliphatic carbocycles. The number of sulfonamides is 1. The maximum atomic E-state index is 13.3. The Bertz CT molecular complexity index is 1160. The minimum absolute atomic E-state index is 0.0310. The number of hydrogen-bond donors (Lipinski definition) is 1. The predicted octanol–water partition coefficient (Wildman–Crippen LogP) is 3.61. The fourth-order valence-electron chi connectivity index (χ4n) is 3.27. The van der Waals surface area contributed by atoms with E-state index in [1.807, 2.05) is 0 Å². The van der Waals surface area contributed by atoms with Crippen molar-refractivity contribution in [3.63, 3.8) is 0 Å². The number of thiazole rings is 1. The summed E-state index contributed by atoms with van der Waals surface area (Å²) in [5.41, 5.74) is 0.604. The van der Waals surface area contributed by atoms with Gasteiger partial charge >= 0.3 is 0 Å². The number of hydrogen-bond acceptors (Lipinski definition) is 5. The molecule has 2 heterocycles. The molecule has 0 spiro atoms. The largest absolute Gasteiger partial charge is 0.302 e. The van der Waals surface area contributed by atoms with Gasteiger partial charge in [-0.25, -0.2) is 22.2 Å². The molecule has 1 amide bonds. The van der Waals surface area contributed by atoms with Crippen LogP contribution in [0.15, 0.2) is 47.4 Å². The van der Waals surface area contributed by atoms with E-state index >= 15 is 0 Å². The van der Waals surface area contributed by atoms with Crippen LogP contribution in [-0.4, -0.2) is 36.7 Å². The summed E-state index contributed by atoms with van der Waals surface area (Å²) in [5, 5.41) is 3.13. The Balaban J connectivity index is 1.39. The summed E-state index contributed by atoms with van der Waals surface area (Å²) in [4.78, 5) is 16.9. The summed E-state index contributed by atoms with van der Waals surface area (Å²) in [7, 11) is -3.72. The summed E-state index contributed by atoms with van der Waals surface area (Å²) >= 11 is 1.19. The molecule has 0 unspecified atom stereocenters. The van der Waals surface area contributed by atoms with Crippen molar-refractivity contribution in [3.8, 4) is 0 Å². The van der Waals surface area contributed by atoms with Gasteiger partial charge in [0.2, 0.25) is 15.9 Å². The molecular weight excluding hydrogens is 420 g/mol. The lowest BCUT2D eigenvalue weighted by Gasteiger charge is -2.30. The van der Waals surface area contributed by atoms with Gasteiger partial charge < -0.3 is 5.32 Å². The molecule has 1 saturated heterocycles. The second kappa shape index (κ2) is 7.77. The first-order valence-corrected chi connectivity index (χ1v) is 11.2. The molecule has 29 heavy (non-hydrogen) atoms. The number of carbonyl (C=O) groups excluding carboxylic acids is 1. The van der Waals surface area contributed by atoms with E-state index in [-0.39, 0.29) is 35.6 Å². The average Bonchev–Trinajstić information content (AvgIpc) is 3.09. The fourth-order valence-corrected chi connectivity index (χ4v) is 5.64. The first-order valence-electron chi connectivity index (χ1n) is 8.95. The monoisotopic (exact) mass is 437 g/mol. The minimum atomic E-state index is -3.72. The molecule has 10 heteroatoms. The number of carbonyl (C=O) groups is 1. The lowest BCUT2D eigenvalue weighted by molar-refractivity contribution is -0.120. The normalized spacial score (nSPS) is 16.2. The smallest absolute Gasteiger partial charge is 0.243 e. The standard InChI is InChI=1S/C19H17F2N3O3S2/c20-13-1-4-15(5-2-13)29(26,27)24-9-7-12(8-10-24)18(25)23-19-22-16-6-3-14(21)11-17(16)28-19/h1-6,11-12H,7-10H2,(H,22,23,25). The Morgan fingerprint density at radius 3 is 2.41 bits per heavy atom. The molecule has 1 aliphatic heterocycles. The topological polar surface area (TPSA) is 79.4 Å². The molecule has 1 fully saturated rings. The highest BCUT2D eigenvalue weighted by Gasteiger charge is 2.32.